The topological polar surface area (TPSA) is 67.6 Å². The Morgan fingerprint density at radius 3 is 3.00 bits per heavy atom. The molecule has 0 aliphatic carbocycles. The van der Waals surface area contributed by atoms with Gasteiger partial charge < -0.3 is 14.6 Å². The molecule has 1 aromatic carbocycles. The van der Waals surface area contributed by atoms with E-state index in [0.29, 0.717) is 24.0 Å². The van der Waals surface area contributed by atoms with Crippen LogP contribution in [0.2, 0.25) is 0 Å². The number of ether oxygens (including phenoxy) is 1. The van der Waals surface area contributed by atoms with E-state index in [1.165, 1.54) is 18.6 Å². The molecule has 1 aromatic heterocycles. The lowest BCUT2D eigenvalue weighted by Crippen LogP contribution is -2.41. The van der Waals surface area contributed by atoms with Crippen molar-refractivity contribution in [1.29, 1.82) is 0 Å². The number of amides is 1. The zero-order chi connectivity index (χ0) is 18.4. The zero-order valence-electron chi connectivity index (χ0n) is 14.9. The maximum absolute atomic E-state index is 12.9. The van der Waals surface area contributed by atoms with E-state index in [1.807, 2.05) is 0 Å². The molecule has 0 spiro atoms. The molecule has 0 unspecified atom stereocenters. The van der Waals surface area contributed by atoms with Crippen molar-refractivity contribution in [2.45, 2.75) is 32.4 Å². The number of likely N-dealkylation sites (N-methyl/N-ethyl adjacent to an activating group) is 1. The Hall–Kier alpha value is -2.25. The Balaban J connectivity index is 1.39. The van der Waals surface area contributed by atoms with Crippen LogP contribution in [-0.4, -0.2) is 48.2 Å². The minimum Gasteiger partial charge on any atom is -0.365 e. The molecule has 1 fully saturated rings. The average Bonchev–Trinajstić information content (AvgIpc) is 3.29. The molecule has 0 saturated carbocycles. The standard InChI is InChI=1S/C19H24FN3O3/c1-2-23-9-3-4-17(23)11-21-19(24)13-25-12-16-10-18(26-22-16)14-5-7-15(20)8-6-14/h5-8,10,17H,2-4,9,11-13H2,1H3,(H,21,24)/t17-/m0/s1. The lowest BCUT2D eigenvalue weighted by molar-refractivity contribution is -0.126. The number of aromatic nitrogens is 1. The Bertz CT molecular complexity index is 717. The average molecular weight is 361 g/mol. The molecule has 1 saturated heterocycles. The van der Waals surface area contributed by atoms with E-state index >= 15 is 0 Å². The summed E-state index contributed by atoms with van der Waals surface area (Å²) in [6.07, 6.45) is 2.31. The molecule has 1 amide bonds. The molecule has 7 heteroatoms. The summed E-state index contributed by atoms with van der Waals surface area (Å²) in [4.78, 5) is 14.3. The Kier molecular flexibility index (Phi) is 6.35. The molecule has 1 aliphatic rings. The normalized spacial score (nSPS) is 17.5. The monoisotopic (exact) mass is 361 g/mol. The largest absolute Gasteiger partial charge is 0.365 e. The van der Waals surface area contributed by atoms with Crippen LogP contribution in [0.4, 0.5) is 4.39 Å². The number of rotatable bonds is 8. The first-order valence-electron chi connectivity index (χ1n) is 8.95. The number of hydrogen-bond donors (Lipinski definition) is 1. The molecule has 26 heavy (non-hydrogen) atoms. The highest BCUT2D eigenvalue weighted by molar-refractivity contribution is 5.77. The van der Waals surface area contributed by atoms with Crippen LogP contribution in [0.5, 0.6) is 0 Å². The number of hydrogen-bond acceptors (Lipinski definition) is 5. The fraction of sp³-hybridized carbons (Fsp3) is 0.474. The molecular weight excluding hydrogens is 337 g/mol. The third-order valence-electron chi connectivity index (χ3n) is 4.61. The third kappa shape index (κ3) is 4.89. The van der Waals surface area contributed by atoms with E-state index in [2.05, 4.69) is 22.3 Å². The summed E-state index contributed by atoms with van der Waals surface area (Å²) in [7, 11) is 0. The van der Waals surface area contributed by atoms with Crippen LogP contribution in [0.25, 0.3) is 11.3 Å². The minimum atomic E-state index is -0.303. The van der Waals surface area contributed by atoms with E-state index in [9.17, 15) is 9.18 Å². The number of likely N-dealkylation sites (tertiary alicyclic amines) is 1. The van der Waals surface area contributed by atoms with Gasteiger partial charge in [-0.15, -0.1) is 0 Å². The number of carbonyl (C=O) groups excluding carboxylic acids is 1. The van der Waals surface area contributed by atoms with Gasteiger partial charge in [0.25, 0.3) is 0 Å². The van der Waals surface area contributed by atoms with Crippen LogP contribution in [0.15, 0.2) is 34.9 Å². The van der Waals surface area contributed by atoms with E-state index in [1.54, 1.807) is 18.2 Å². The van der Waals surface area contributed by atoms with Gasteiger partial charge >= 0.3 is 0 Å². The van der Waals surface area contributed by atoms with Crippen molar-refractivity contribution in [2.75, 3.05) is 26.2 Å². The summed E-state index contributed by atoms with van der Waals surface area (Å²) in [5.74, 6) is 0.103. The van der Waals surface area contributed by atoms with Crippen LogP contribution < -0.4 is 5.32 Å². The molecule has 0 bridgehead atoms. The molecular formula is C19H24FN3O3. The predicted octanol–water partition coefficient (Wildman–Crippen LogP) is 2.60. The molecule has 140 valence electrons. The van der Waals surface area contributed by atoms with Gasteiger partial charge in [-0.05, 0) is 50.2 Å². The summed E-state index contributed by atoms with van der Waals surface area (Å²) in [5, 5.41) is 6.84. The summed E-state index contributed by atoms with van der Waals surface area (Å²) in [6, 6.07) is 8.12. The van der Waals surface area contributed by atoms with Crippen molar-refractivity contribution in [3.05, 3.63) is 41.8 Å². The Morgan fingerprint density at radius 1 is 1.42 bits per heavy atom. The van der Waals surface area contributed by atoms with Gasteiger partial charge in [-0.1, -0.05) is 12.1 Å². The summed E-state index contributed by atoms with van der Waals surface area (Å²) < 4.78 is 23.6. The first kappa shape index (κ1) is 18.5. The van der Waals surface area contributed by atoms with Crippen LogP contribution in [-0.2, 0) is 16.1 Å². The second-order valence-corrected chi connectivity index (χ2v) is 6.41. The first-order chi connectivity index (χ1) is 12.7. The van der Waals surface area contributed by atoms with Gasteiger partial charge in [0.1, 0.15) is 18.1 Å². The van der Waals surface area contributed by atoms with Gasteiger partial charge in [-0.25, -0.2) is 4.39 Å². The summed E-state index contributed by atoms with van der Waals surface area (Å²) in [5.41, 5.74) is 1.32. The second-order valence-electron chi connectivity index (χ2n) is 6.41. The predicted molar refractivity (Wildman–Crippen MR) is 94.8 cm³/mol. The Morgan fingerprint density at radius 2 is 2.23 bits per heavy atom. The van der Waals surface area contributed by atoms with Gasteiger partial charge in [0, 0.05) is 24.2 Å². The lowest BCUT2D eigenvalue weighted by atomic mass is 10.1. The number of benzene rings is 1. The van der Waals surface area contributed by atoms with Crippen molar-refractivity contribution < 1.29 is 18.4 Å². The molecule has 6 nitrogen and oxygen atoms in total. The van der Waals surface area contributed by atoms with Crippen LogP contribution in [0, 0.1) is 5.82 Å². The third-order valence-corrected chi connectivity index (χ3v) is 4.61. The Labute approximate surface area is 152 Å². The maximum atomic E-state index is 12.9. The van der Waals surface area contributed by atoms with E-state index in [4.69, 9.17) is 9.26 Å². The molecule has 1 N–H and O–H groups in total. The molecule has 1 aliphatic heterocycles. The molecule has 2 heterocycles. The van der Waals surface area contributed by atoms with Crippen molar-refractivity contribution in [1.82, 2.24) is 15.4 Å². The zero-order valence-corrected chi connectivity index (χ0v) is 14.9. The minimum absolute atomic E-state index is 0.0163. The highest BCUT2D eigenvalue weighted by Gasteiger charge is 2.23. The van der Waals surface area contributed by atoms with E-state index < -0.39 is 0 Å². The van der Waals surface area contributed by atoms with Crippen LogP contribution in [0.1, 0.15) is 25.5 Å². The van der Waals surface area contributed by atoms with Gasteiger partial charge in [0.05, 0.1) is 6.61 Å². The van der Waals surface area contributed by atoms with Gasteiger partial charge in [-0.3, -0.25) is 9.69 Å². The van der Waals surface area contributed by atoms with Crippen LogP contribution in [0.3, 0.4) is 0 Å². The SMILES string of the molecule is CCN1CCC[C@H]1CNC(=O)COCc1cc(-c2ccc(F)cc2)on1. The van der Waals surface area contributed by atoms with Crippen molar-refractivity contribution >= 4 is 5.91 Å². The molecule has 2 aromatic rings. The lowest BCUT2D eigenvalue weighted by Gasteiger charge is -2.22. The first-order valence-corrected chi connectivity index (χ1v) is 8.95. The fourth-order valence-corrected chi connectivity index (χ4v) is 3.20. The highest BCUT2D eigenvalue weighted by atomic mass is 19.1. The van der Waals surface area contributed by atoms with Gasteiger partial charge in [0.2, 0.25) is 5.91 Å². The van der Waals surface area contributed by atoms with E-state index in [0.717, 1.165) is 25.1 Å². The molecule has 0 radical (unpaired) electrons. The number of nitrogens with one attached hydrogen (secondary N) is 1. The van der Waals surface area contributed by atoms with E-state index in [-0.39, 0.29) is 24.9 Å². The summed E-state index contributed by atoms with van der Waals surface area (Å²) in [6.45, 7) is 5.09. The summed E-state index contributed by atoms with van der Waals surface area (Å²) >= 11 is 0. The fourth-order valence-electron chi connectivity index (χ4n) is 3.20. The quantitative estimate of drug-likeness (QED) is 0.783. The van der Waals surface area contributed by atoms with Crippen molar-refractivity contribution in [2.24, 2.45) is 0 Å². The van der Waals surface area contributed by atoms with Crippen molar-refractivity contribution in [3.63, 3.8) is 0 Å². The highest BCUT2D eigenvalue weighted by Crippen LogP contribution is 2.21. The number of carbonyl (C=O) groups is 1. The number of halogens is 1. The van der Waals surface area contributed by atoms with Crippen molar-refractivity contribution in [3.8, 4) is 11.3 Å². The smallest absolute Gasteiger partial charge is 0.246 e. The van der Waals surface area contributed by atoms with Gasteiger partial charge in [0.15, 0.2) is 5.76 Å². The molecule has 3 rings (SSSR count). The molecule has 1 atom stereocenters. The second kappa shape index (κ2) is 8.91. The van der Waals surface area contributed by atoms with Gasteiger partial charge in [-0.2, -0.15) is 0 Å². The number of nitrogens with zero attached hydrogens (tertiary/aromatic N) is 2. The maximum Gasteiger partial charge on any atom is 0.246 e. The van der Waals surface area contributed by atoms with Crippen LogP contribution >= 0.6 is 0 Å².